The standard InChI is InChI=1S/C20H10F3N3O3/c21-20(22,23)29-17-4-2-1-3-15(17)25-18-13-7-8-24-10-14(13)12-6-5-11(19(27)28)9-16(12)26-18/h1-4,7-10H,(H,25,26)(H,27,28). The lowest BCUT2D eigenvalue weighted by atomic mass is 10.1. The highest BCUT2D eigenvalue weighted by Gasteiger charge is 2.32. The Kier molecular flexibility index (Phi) is 4.31. The summed E-state index contributed by atoms with van der Waals surface area (Å²) in [5.74, 6) is -1.41. The molecule has 0 unspecified atom stereocenters. The van der Waals surface area contributed by atoms with Crippen LogP contribution in [0.25, 0.3) is 21.7 Å². The van der Waals surface area contributed by atoms with Crippen molar-refractivity contribution in [2.45, 2.75) is 6.36 Å². The molecule has 29 heavy (non-hydrogen) atoms. The fourth-order valence-corrected chi connectivity index (χ4v) is 2.83. The van der Waals surface area contributed by atoms with Crippen molar-refractivity contribution in [1.82, 2.24) is 9.97 Å². The molecule has 0 aliphatic carbocycles. The Bertz CT molecular complexity index is 1240. The molecule has 2 aromatic heterocycles. The number of rotatable bonds is 4. The second-order valence-electron chi connectivity index (χ2n) is 5.92. The average molecular weight is 397 g/mol. The number of halogens is 3. The van der Waals surface area contributed by atoms with Crippen LogP contribution in [-0.2, 0) is 0 Å². The van der Waals surface area contributed by atoms with Gasteiger partial charge in [0.1, 0.15) is 11.4 Å². The second kappa shape index (κ2) is 6.83. The van der Waals surface area contributed by atoms with E-state index in [4.69, 9.17) is 0 Å². The van der Waals surface area contributed by atoms with E-state index >= 15 is 0 Å². The van der Waals surface area contributed by atoms with Gasteiger partial charge in [-0.2, -0.15) is 0 Å². The number of carboxylic acids is 1. The first-order valence-corrected chi connectivity index (χ1v) is 8.18. The van der Waals surface area contributed by atoms with Gasteiger partial charge in [-0.1, -0.05) is 24.3 Å². The van der Waals surface area contributed by atoms with Crippen molar-refractivity contribution in [3.8, 4) is 5.75 Å². The minimum Gasteiger partial charge on any atom is -0.477 e. The molecular weight excluding hydrogens is 387 g/mol. The van der Waals surface area contributed by atoms with Gasteiger partial charge in [0.15, 0.2) is 5.75 Å². The maximum atomic E-state index is 12.7. The Morgan fingerprint density at radius 2 is 1.93 bits per heavy atom. The lowest BCUT2D eigenvalue weighted by molar-refractivity contribution is -0.274. The molecule has 144 valence electrons. The number of nitrogens with one attached hydrogen (secondary N) is 1. The number of hydrogen-bond acceptors (Lipinski definition) is 5. The number of carboxylic acid groups (broad SMARTS) is 1. The molecule has 9 heteroatoms. The van der Waals surface area contributed by atoms with E-state index in [0.717, 1.165) is 0 Å². The van der Waals surface area contributed by atoms with E-state index in [1.165, 1.54) is 36.7 Å². The van der Waals surface area contributed by atoms with Gasteiger partial charge in [0.2, 0.25) is 0 Å². The molecule has 2 N–H and O–H groups in total. The number of alkyl halides is 3. The van der Waals surface area contributed by atoms with Crippen LogP contribution in [0.15, 0.2) is 48.8 Å². The maximum absolute atomic E-state index is 12.7. The van der Waals surface area contributed by atoms with Crippen molar-refractivity contribution in [3.63, 3.8) is 0 Å². The quantitative estimate of drug-likeness (QED) is 0.518. The van der Waals surface area contributed by atoms with Crippen molar-refractivity contribution < 1.29 is 27.8 Å². The van der Waals surface area contributed by atoms with Gasteiger partial charge in [-0.15, -0.1) is 13.2 Å². The number of fused-ring (bicyclic) bond motifs is 3. The monoisotopic (exact) mass is 397 g/mol. The summed E-state index contributed by atoms with van der Waals surface area (Å²) >= 11 is 0. The lowest BCUT2D eigenvalue weighted by Crippen LogP contribution is -2.17. The number of anilines is 2. The van der Waals surface area contributed by atoms with Gasteiger partial charge in [-0.25, -0.2) is 9.78 Å². The first kappa shape index (κ1) is 18.3. The normalized spacial score (nSPS) is 11.3. The third-order valence-corrected chi connectivity index (χ3v) is 4.03. The largest absolute Gasteiger partial charge is 0.573 e. The number of aromatic carboxylic acids is 1. The van der Waals surface area contributed by atoms with E-state index in [0.29, 0.717) is 16.2 Å². The van der Waals surface area contributed by atoms with Gasteiger partial charge in [-0.05, 0) is 24.3 Å². The number of hydrogen-bond donors (Lipinski definition) is 2. The van der Waals surface area contributed by atoms with Gasteiger partial charge >= 0.3 is 12.3 Å². The summed E-state index contributed by atoms with van der Waals surface area (Å²) in [5.41, 5.74) is 0.179. The molecule has 0 saturated carbocycles. The predicted molar refractivity (Wildman–Crippen MR) is 98.1 cm³/mol. The number of benzene rings is 1. The summed E-state index contributed by atoms with van der Waals surface area (Å²) in [4.78, 5) is 19.7. The smallest absolute Gasteiger partial charge is 0.477 e. The number of nitrogens with zero attached hydrogens (tertiary/aromatic N) is 2. The zero-order valence-electron chi connectivity index (χ0n) is 14.4. The zero-order valence-corrected chi connectivity index (χ0v) is 14.4. The van der Waals surface area contributed by atoms with E-state index in [-0.39, 0.29) is 22.6 Å². The van der Waals surface area contributed by atoms with Crippen LogP contribution in [0, 0.1) is 12.1 Å². The van der Waals surface area contributed by atoms with E-state index in [9.17, 15) is 23.1 Å². The lowest BCUT2D eigenvalue weighted by Gasteiger charge is -2.15. The van der Waals surface area contributed by atoms with Crippen LogP contribution in [0.4, 0.5) is 24.7 Å². The third-order valence-electron chi connectivity index (χ3n) is 4.03. The molecule has 0 spiro atoms. The first-order valence-electron chi connectivity index (χ1n) is 8.18. The maximum Gasteiger partial charge on any atom is 0.573 e. The van der Waals surface area contributed by atoms with E-state index in [1.54, 1.807) is 12.1 Å². The molecule has 0 amide bonds. The Balaban J connectivity index is 1.88. The third kappa shape index (κ3) is 3.68. The fourth-order valence-electron chi connectivity index (χ4n) is 2.83. The molecule has 0 saturated heterocycles. The minimum absolute atomic E-state index is 0.0414. The van der Waals surface area contributed by atoms with Crippen LogP contribution in [0.1, 0.15) is 10.4 Å². The van der Waals surface area contributed by atoms with Crippen LogP contribution < -0.4 is 10.1 Å². The molecule has 0 aliphatic rings. The molecule has 0 fully saturated rings. The Labute approximate surface area is 161 Å². The minimum atomic E-state index is -4.86. The molecule has 4 rings (SSSR count). The van der Waals surface area contributed by atoms with Crippen molar-refractivity contribution in [2.75, 3.05) is 5.32 Å². The predicted octanol–water partition coefficient (Wildman–Crippen LogP) is 4.72. The van der Waals surface area contributed by atoms with Crippen molar-refractivity contribution in [2.24, 2.45) is 0 Å². The number of aromatic nitrogens is 2. The average Bonchev–Trinajstić information content (AvgIpc) is 2.68. The highest BCUT2D eigenvalue weighted by atomic mass is 19.4. The number of ether oxygens (including phenoxy) is 1. The van der Waals surface area contributed by atoms with E-state index in [1.807, 2.05) is 0 Å². The molecule has 6 nitrogen and oxygen atoms in total. The van der Waals surface area contributed by atoms with Crippen LogP contribution in [0.3, 0.4) is 0 Å². The number of carbonyl (C=O) groups is 1. The Morgan fingerprint density at radius 1 is 1.14 bits per heavy atom. The fraction of sp³-hybridized carbons (Fsp3) is 0.0500. The summed E-state index contributed by atoms with van der Waals surface area (Å²) < 4.78 is 42.2. The molecular formula is C20H10F3N3O3. The molecule has 4 aromatic rings. The second-order valence-corrected chi connectivity index (χ2v) is 5.92. The van der Waals surface area contributed by atoms with Gasteiger partial charge < -0.3 is 15.2 Å². The summed E-state index contributed by atoms with van der Waals surface area (Å²) in [7, 11) is 0. The van der Waals surface area contributed by atoms with Gasteiger partial charge in [0, 0.05) is 23.2 Å². The van der Waals surface area contributed by atoms with Crippen LogP contribution in [-0.4, -0.2) is 27.4 Å². The number of pyridine rings is 2. The summed E-state index contributed by atoms with van der Waals surface area (Å²) in [6.45, 7) is 0. The highest BCUT2D eigenvalue weighted by molar-refractivity contribution is 6.10. The molecule has 0 radical (unpaired) electrons. The molecule has 0 bridgehead atoms. The van der Waals surface area contributed by atoms with Gasteiger partial charge in [-0.3, -0.25) is 4.98 Å². The van der Waals surface area contributed by atoms with Crippen LogP contribution in [0.2, 0.25) is 0 Å². The van der Waals surface area contributed by atoms with Crippen LogP contribution in [0.5, 0.6) is 5.75 Å². The highest BCUT2D eigenvalue weighted by Crippen LogP contribution is 2.35. The Morgan fingerprint density at radius 3 is 2.69 bits per heavy atom. The van der Waals surface area contributed by atoms with Crippen molar-refractivity contribution in [1.29, 1.82) is 0 Å². The van der Waals surface area contributed by atoms with E-state index < -0.39 is 18.1 Å². The van der Waals surface area contributed by atoms with Crippen molar-refractivity contribution >= 4 is 39.1 Å². The summed E-state index contributed by atoms with van der Waals surface area (Å²) in [6, 6.07) is 13.8. The molecule has 0 aliphatic heterocycles. The molecule has 0 atom stereocenters. The SMILES string of the molecule is O=C(O)c1c#cc2c(c1)nc(Nc1ccccc1OC(F)(F)F)c1ccncc12. The van der Waals surface area contributed by atoms with Crippen LogP contribution >= 0.6 is 0 Å². The van der Waals surface area contributed by atoms with E-state index in [2.05, 4.69) is 32.2 Å². The summed E-state index contributed by atoms with van der Waals surface area (Å²) in [6.07, 6.45) is -1.82. The molecule has 2 heterocycles. The van der Waals surface area contributed by atoms with Crippen molar-refractivity contribution in [3.05, 3.63) is 66.5 Å². The number of para-hydroxylation sites is 2. The summed E-state index contributed by atoms with van der Waals surface area (Å²) in [5, 5.41) is 13.7. The first-order chi connectivity index (χ1) is 13.8. The Hall–Kier alpha value is -4.06. The van der Waals surface area contributed by atoms with Gasteiger partial charge in [0.25, 0.3) is 0 Å². The molecule has 2 aromatic carbocycles. The zero-order chi connectivity index (χ0) is 20.6. The topological polar surface area (TPSA) is 84.3 Å². The van der Waals surface area contributed by atoms with Gasteiger partial charge in [0.05, 0.1) is 16.6 Å².